The number of sulfonamides is 1. The SMILES string of the molecule is N#Cc1c(F)cccc1NCCS(N)(=O)=O. The summed E-state index contributed by atoms with van der Waals surface area (Å²) in [4.78, 5) is 0. The van der Waals surface area contributed by atoms with Gasteiger partial charge in [0, 0.05) is 6.54 Å². The summed E-state index contributed by atoms with van der Waals surface area (Å²) >= 11 is 0. The Morgan fingerprint density at radius 2 is 2.19 bits per heavy atom. The summed E-state index contributed by atoms with van der Waals surface area (Å²) < 4.78 is 34.4. The van der Waals surface area contributed by atoms with Crippen molar-refractivity contribution in [2.45, 2.75) is 0 Å². The molecule has 0 aliphatic carbocycles. The molecule has 0 bridgehead atoms. The highest BCUT2D eigenvalue weighted by Crippen LogP contribution is 2.17. The number of nitriles is 1. The number of anilines is 1. The molecule has 0 aliphatic heterocycles. The van der Waals surface area contributed by atoms with Crippen molar-refractivity contribution in [3.8, 4) is 6.07 Å². The minimum atomic E-state index is -3.56. The zero-order valence-corrected chi connectivity index (χ0v) is 9.09. The molecule has 7 heteroatoms. The molecule has 0 saturated carbocycles. The van der Waals surface area contributed by atoms with Crippen LogP contribution >= 0.6 is 0 Å². The van der Waals surface area contributed by atoms with Crippen LogP contribution in [0.3, 0.4) is 0 Å². The topological polar surface area (TPSA) is 96.0 Å². The highest BCUT2D eigenvalue weighted by atomic mass is 32.2. The summed E-state index contributed by atoms with van der Waals surface area (Å²) in [6.45, 7) is 0.0248. The summed E-state index contributed by atoms with van der Waals surface area (Å²) in [6, 6.07) is 5.77. The van der Waals surface area contributed by atoms with Crippen molar-refractivity contribution >= 4 is 15.7 Å². The van der Waals surface area contributed by atoms with E-state index in [2.05, 4.69) is 5.32 Å². The normalized spacial score (nSPS) is 10.8. The Morgan fingerprint density at radius 1 is 1.50 bits per heavy atom. The van der Waals surface area contributed by atoms with Gasteiger partial charge in [-0.3, -0.25) is 0 Å². The molecule has 86 valence electrons. The van der Waals surface area contributed by atoms with E-state index in [0.717, 1.165) is 6.07 Å². The Balaban J connectivity index is 2.76. The van der Waals surface area contributed by atoms with Gasteiger partial charge in [-0.2, -0.15) is 5.26 Å². The molecule has 0 aromatic heterocycles. The Morgan fingerprint density at radius 3 is 2.75 bits per heavy atom. The van der Waals surface area contributed by atoms with Crippen molar-refractivity contribution in [1.82, 2.24) is 0 Å². The Kier molecular flexibility index (Phi) is 3.82. The van der Waals surface area contributed by atoms with Crippen molar-refractivity contribution in [2.24, 2.45) is 5.14 Å². The molecular formula is C9H10FN3O2S. The average Bonchev–Trinajstić information content (AvgIpc) is 2.16. The number of hydrogen-bond acceptors (Lipinski definition) is 4. The lowest BCUT2D eigenvalue weighted by Crippen LogP contribution is -2.22. The highest BCUT2D eigenvalue weighted by Gasteiger charge is 2.08. The van der Waals surface area contributed by atoms with Crippen LogP contribution in [0.5, 0.6) is 0 Å². The molecule has 0 unspecified atom stereocenters. The third kappa shape index (κ3) is 3.49. The number of nitrogens with two attached hydrogens (primary N) is 1. The maximum atomic E-state index is 13.1. The van der Waals surface area contributed by atoms with E-state index in [1.807, 2.05) is 0 Å². The number of hydrogen-bond donors (Lipinski definition) is 2. The van der Waals surface area contributed by atoms with E-state index in [0.29, 0.717) is 0 Å². The standard InChI is InChI=1S/C9H10FN3O2S/c10-8-2-1-3-9(7(8)6-11)13-4-5-16(12,14)15/h1-3,13H,4-5H2,(H2,12,14,15). The van der Waals surface area contributed by atoms with E-state index in [1.54, 1.807) is 6.07 Å². The van der Waals surface area contributed by atoms with Crippen LogP contribution in [-0.2, 0) is 10.0 Å². The van der Waals surface area contributed by atoms with Gasteiger partial charge in [-0.15, -0.1) is 0 Å². The molecule has 5 nitrogen and oxygen atoms in total. The second-order valence-electron chi connectivity index (χ2n) is 3.07. The van der Waals surface area contributed by atoms with E-state index < -0.39 is 15.8 Å². The van der Waals surface area contributed by atoms with Gasteiger partial charge in [0.05, 0.1) is 11.4 Å². The van der Waals surface area contributed by atoms with Gasteiger partial charge < -0.3 is 5.32 Å². The molecule has 0 heterocycles. The first-order chi connectivity index (χ1) is 7.44. The lowest BCUT2D eigenvalue weighted by molar-refractivity contribution is 0.598. The fourth-order valence-electron chi connectivity index (χ4n) is 1.11. The fraction of sp³-hybridized carbons (Fsp3) is 0.222. The lowest BCUT2D eigenvalue weighted by atomic mass is 10.2. The van der Waals surface area contributed by atoms with Gasteiger partial charge in [0.1, 0.15) is 17.4 Å². The molecule has 1 rings (SSSR count). The van der Waals surface area contributed by atoms with Crippen LogP contribution in [-0.4, -0.2) is 20.7 Å². The van der Waals surface area contributed by atoms with Gasteiger partial charge in [0.15, 0.2) is 0 Å². The van der Waals surface area contributed by atoms with E-state index >= 15 is 0 Å². The molecule has 16 heavy (non-hydrogen) atoms. The number of halogens is 1. The van der Waals surface area contributed by atoms with Crippen molar-refractivity contribution in [3.05, 3.63) is 29.6 Å². The number of rotatable bonds is 4. The molecule has 0 saturated heterocycles. The summed E-state index contributed by atoms with van der Waals surface area (Å²) in [5.74, 6) is -0.933. The van der Waals surface area contributed by atoms with Crippen LogP contribution in [0.1, 0.15) is 5.56 Å². The highest BCUT2D eigenvalue weighted by molar-refractivity contribution is 7.89. The molecule has 0 spiro atoms. The minimum Gasteiger partial charge on any atom is -0.383 e. The smallest absolute Gasteiger partial charge is 0.210 e. The molecule has 3 N–H and O–H groups in total. The molecule has 0 amide bonds. The van der Waals surface area contributed by atoms with Gasteiger partial charge in [-0.1, -0.05) is 6.07 Å². The number of benzene rings is 1. The summed E-state index contributed by atoms with van der Waals surface area (Å²) in [7, 11) is -3.56. The van der Waals surface area contributed by atoms with Crippen molar-refractivity contribution < 1.29 is 12.8 Å². The second-order valence-corrected chi connectivity index (χ2v) is 4.80. The van der Waals surface area contributed by atoms with Gasteiger partial charge in [-0.05, 0) is 12.1 Å². The van der Waals surface area contributed by atoms with Gasteiger partial charge in [-0.25, -0.2) is 17.9 Å². The fourth-order valence-corrected chi connectivity index (χ4v) is 1.50. The zero-order chi connectivity index (χ0) is 12.2. The predicted molar refractivity (Wildman–Crippen MR) is 57.6 cm³/mol. The summed E-state index contributed by atoms with van der Waals surface area (Å²) in [5, 5.41) is 16.1. The molecular weight excluding hydrogens is 233 g/mol. The van der Waals surface area contributed by atoms with Crippen LogP contribution in [0.4, 0.5) is 10.1 Å². The van der Waals surface area contributed by atoms with Crippen molar-refractivity contribution in [2.75, 3.05) is 17.6 Å². The second kappa shape index (κ2) is 4.92. The Hall–Kier alpha value is -1.65. The number of primary sulfonamides is 1. The van der Waals surface area contributed by atoms with Gasteiger partial charge in [0.2, 0.25) is 10.0 Å². The third-order valence-corrected chi connectivity index (χ3v) is 2.60. The van der Waals surface area contributed by atoms with Crippen molar-refractivity contribution in [1.29, 1.82) is 5.26 Å². The number of nitrogens with zero attached hydrogens (tertiary/aromatic N) is 1. The first kappa shape index (κ1) is 12.4. The largest absolute Gasteiger partial charge is 0.383 e. The van der Waals surface area contributed by atoms with Crippen LogP contribution < -0.4 is 10.5 Å². The monoisotopic (exact) mass is 243 g/mol. The lowest BCUT2D eigenvalue weighted by Gasteiger charge is -2.07. The van der Waals surface area contributed by atoms with E-state index in [9.17, 15) is 12.8 Å². The molecule has 0 fully saturated rings. The maximum Gasteiger partial charge on any atom is 0.210 e. The molecule has 0 aliphatic rings. The minimum absolute atomic E-state index is 0.0248. The quantitative estimate of drug-likeness (QED) is 0.799. The van der Waals surface area contributed by atoms with Gasteiger partial charge >= 0.3 is 0 Å². The van der Waals surface area contributed by atoms with Crippen LogP contribution in [0.2, 0.25) is 0 Å². The first-order valence-corrected chi connectivity index (χ1v) is 6.08. The molecule has 0 atom stereocenters. The van der Waals surface area contributed by atoms with E-state index in [-0.39, 0.29) is 23.5 Å². The van der Waals surface area contributed by atoms with E-state index in [1.165, 1.54) is 12.1 Å². The van der Waals surface area contributed by atoms with Gasteiger partial charge in [0.25, 0.3) is 0 Å². The van der Waals surface area contributed by atoms with Crippen LogP contribution in [0.15, 0.2) is 18.2 Å². The summed E-state index contributed by atoms with van der Waals surface area (Å²) in [6.07, 6.45) is 0. The first-order valence-electron chi connectivity index (χ1n) is 4.37. The van der Waals surface area contributed by atoms with E-state index in [4.69, 9.17) is 10.4 Å². The third-order valence-electron chi connectivity index (χ3n) is 1.83. The number of nitrogens with one attached hydrogen (secondary N) is 1. The molecule has 1 aromatic rings. The molecule has 0 radical (unpaired) electrons. The molecule has 1 aromatic carbocycles. The van der Waals surface area contributed by atoms with Crippen LogP contribution in [0, 0.1) is 17.1 Å². The average molecular weight is 243 g/mol. The maximum absolute atomic E-state index is 13.1. The zero-order valence-electron chi connectivity index (χ0n) is 8.27. The Bertz CT molecular complexity index is 522. The predicted octanol–water partition coefficient (Wildman–Crippen LogP) is 0.398. The van der Waals surface area contributed by atoms with Crippen LogP contribution in [0.25, 0.3) is 0 Å². The Labute approximate surface area is 92.7 Å². The summed E-state index contributed by atoms with van der Waals surface area (Å²) in [5.41, 5.74) is 0.114. The van der Waals surface area contributed by atoms with Crippen molar-refractivity contribution in [3.63, 3.8) is 0 Å².